The summed E-state index contributed by atoms with van der Waals surface area (Å²) in [7, 11) is 0. The van der Waals surface area contributed by atoms with Crippen molar-refractivity contribution in [2.75, 3.05) is 26.2 Å². The molecule has 0 aromatic heterocycles. The summed E-state index contributed by atoms with van der Waals surface area (Å²) in [6.45, 7) is 2.71. The number of hydrogen-bond donors (Lipinski definition) is 1. The van der Waals surface area contributed by atoms with Crippen molar-refractivity contribution in [3.8, 4) is 0 Å². The van der Waals surface area contributed by atoms with Crippen LogP contribution in [0.5, 0.6) is 0 Å². The number of aryl methyl sites for hydroxylation is 2. The number of carboxylic acid groups (broad SMARTS) is 1. The van der Waals surface area contributed by atoms with Gasteiger partial charge in [0.25, 0.3) is 0 Å². The molecule has 1 heterocycles. The molecule has 2 aromatic carbocycles. The topological polar surface area (TPSA) is 49.8 Å². The maximum atomic E-state index is 11.2. The number of benzene rings is 2. The summed E-state index contributed by atoms with van der Waals surface area (Å²) in [4.78, 5) is 13.4. The fraction of sp³-hybridized carbons (Fsp3) is 0.348. The van der Waals surface area contributed by atoms with Gasteiger partial charge in [-0.05, 0) is 41.5 Å². The Kier molecular flexibility index (Phi) is 5.37. The summed E-state index contributed by atoms with van der Waals surface area (Å²) >= 11 is 0. The molecule has 1 aliphatic carbocycles. The van der Waals surface area contributed by atoms with Gasteiger partial charge in [0.05, 0.1) is 6.61 Å². The zero-order valence-corrected chi connectivity index (χ0v) is 15.4. The lowest BCUT2D eigenvalue weighted by Gasteiger charge is -2.27. The van der Waals surface area contributed by atoms with Crippen LogP contribution in [0.2, 0.25) is 0 Å². The molecule has 0 bridgehead atoms. The highest BCUT2D eigenvalue weighted by Gasteiger charge is 2.24. The van der Waals surface area contributed by atoms with Gasteiger partial charge in [-0.1, -0.05) is 54.6 Å². The number of fused-ring (bicyclic) bond motifs is 2. The van der Waals surface area contributed by atoms with E-state index in [1.54, 1.807) is 0 Å². The molecule has 4 nitrogen and oxygen atoms in total. The van der Waals surface area contributed by atoms with Gasteiger partial charge in [-0.25, -0.2) is 4.79 Å². The van der Waals surface area contributed by atoms with Gasteiger partial charge in [0.2, 0.25) is 0 Å². The predicted octanol–water partition coefficient (Wildman–Crippen LogP) is 3.61. The summed E-state index contributed by atoms with van der Waals surface area (Å²) in [5.74, 6) is -0.813. The second-order valence-electron chi connectivity index (χ2n) is 7.25. The standard InChI is InChI=1S/C23H25NO3/c25-23(26)19-8-5-13-24(16-19)14-15-27-22-20-9-3-1-6-17(20)11-12-18-7-2-4-10-21(18)22/h1-4,6-10,22H,5,11-16H2,(H,25,26). The van der Waals surface area contributed by atoms with E-state index in [1.807, 2.05) is 6.08 Å². The van der Waals surface area contributed by atoms with Crippen LogP contribution in [0.3, 0.4) is 0 Å². The zero-order chi connectivity index (χ0) is 18.6. The third-order valence-corrected chi connectivity index (χ3v) is 5.54. The Hall–Kier alpha value is -2.43. The third-order valence-electron chi connectivity index (χ3n) is 5.54. The van der Waals surface area contributed by atoms with E-state index in [0.717, 1.165) is 32.4 Å². The van der Waals surface area contributed by atoms with Crippen LogP contribution >= 0.6 is 0 Å². The first-order valence-corrected chi connectivity index (χ1v) is 9.64. The number of hydrogen-bond acceptors (Lipinski definition) is 3. The van der Waals surface area contributed by atoms with Crippen molar-refractivity contribution in [1.82, 2.24) is 4.90 Å². The van der Waals surface area contributed by atoms with Crippen LogP contribution in [-0.4, -0.2) is 42.2 Å². The highest BCUT2D eigenvalue weighted by atomic mass is 16.5. The molecule has 2 aliphatic rings. The van der Waals surface area contributed by atoms with Crippen molar-refractivity contribution in [1.29, 1.82) is 0 Å². The second kappa shape index (κ2) is 8.07. The number of aliphatic carboxylic acids is 1. The van der Waals surface area contributed by atoms with E-state index in [9.17, 15) is 9.90 Å². The van der Waals surface area contributed by atoms with Crippen LogP contribution in [0.25, 0.3) is 0 Å². The molecule has 0 radical (unpaired) electrons. The number of rotatable bonds is 5. The average Bonchev–Trinajstić information content (AvgIpc) is 2.86. The third kappa shape index (κ3) is 3.97. The van der Waals surface area contributed by atoms with Crippen LogP contribution in [-0.2, 0) is 22.4 Å². The lowest BCUT2D eigenvalue weighted by atomic mass is 9.97. The minimum absolute atomic E-state index is 0.0563. The molecule has 1 N–H and O–H groups in total. The van der Waals surface area contributed by atoms with E-state index in [1.165, 1.54) is 22.3 Å². The van der Waals surface area contributed by atoms with Gasteiger partial charge in [0.1, 0.15) is 6.10 Å². The number of carbonyl (C=O) groups is 1. The normalized spacial score (nSPS) is 17.6. The molecule has 1 aliphatic heterocycles. The number of ether oxygens (including phenoxy) is 1. The quantitative estimate of drug-likeness (QED) is 0.882. The van der Waals surface area contributed by atoms with E-state index < -0.39 is 5.97 Å². The fourth-order valence-corrected chi connectivity index (χ4v) is 4.10. The summed E-state index contributed by atoms with van der Waals surface area (Å²) in [5.41, 5.74) is 5.71. The first-order valence-electron chi connectivity index (χ1n) is 9.64. The Labute approximate surface area is 160 Å². The molecule has 0 spiro atoms. The molecule has 0 unspecified atom stereocenters. The van der Waals surface area contributed by atoms with Crippen LogP contribution in [0, 0.1) is 0 Å². The highest BCUT2D eigenvalue weighted by Crippen LogP contribution is 2.35. The smallest absolute Gasteiger partial charge is 0.332 e. The van der Waals surface area contributed by atoms with E-state index in [-0.39, 0.29) is 6.10 Å². The van der Waals surface area contributed by atoms with E-state index >= 15 is 0 Å². The van der Waals surface area contributed by atoms with Crippen molar-refractivity contribution >= 4 is 5.97 Å². The molecule has 0 fully saturated rings. The van der Waals surface area contributed by atoms with Crippen molar-refractivity contribution in [2.45, 2.75) is 25.4 Å². The first kappa shape index (κ1) is 18.0. The Balaban J connectivity index is 1.49. The Morgan fingerprint density at radius 1 is 1.04 bits per heavy atom. The van der Waals surface area contributed by atoms with E-state index in [4.69, 9.17) is 4.74 Å². The Morgan fingerprint density at radius 2 is 1.67 bits per heavy atom. The van der Waals surface area contributed by atoms with E-state index in [2.05, 4.69) is 53.4 Å². The monoisotopic (exact) mass is 363 g/mol. The van der Waals surface area contributed by atoms with Crippen LogP contribution < -0.4 is 0 Å². The Morgan fingerprint density at radius 3 is 2.30 bits per heavy atom. The van der Waals surface area contributed by atoms with Gasteiger partial charge in [-0.15, -0.1) is 0 Å². The summed E-state index contributed by atoms with van der Waals surface area (Å²) < 4.78 is 6.41. The van der Waals surface area contributed by atoms with Gasteiger partial charge >= 0.3 is 5.97 Å². The minimum atomic E-state index is -0.813. The van der Waals surface area contributed by atoms with Crippen LogP contribution in [0.4, 0.5) is 0 Å². The van der Waals surface area contributed by atoms with Crippen LogP contribution in [0.1, 0.15) is 34.8 Å². The van der Waals surface area contributed by atoms with Gasteiger partial charge < -0.3 is 9.84 Å². The molecule has 27 heavy (non-hydrogen) atoms. The number of nitrogens with zero attached hydrogens (tertiary/aromatic N) is 1. The fourth-order valence-electron chi connectivity index (χ4n) is 4.10. The zero-order valence-electron chi connectivity index (χ0n) is 15.4. The molecule has 2 aromatic rings. The highest BCUT2D eigenvalue weighted by molar-refractivity contribution is 5.87. The molecule has 0 saturated carbocycles. The molecular weight excluding hydrogens is 338 g/mol. The first-order chi connectivity index (χ1) is 13.2. The van der Waals surface area contributed by atoms with E-state index in [0.29, 0.717) is 18.7 Å². The lowest BCUT2D eigenvalue weighted by molar-refractivity contribution is -0.133. The van der Waals surface area contributed by atoms with Crippen molar-refractivity contribution in [3.05, 3.63) is 82.4 Å². The minimum Gasteiger partial charge on any atom is -0.478 e. The number of carboxylic acids is 1. The largest absolute Gasteiger partial charge is 0.478 e. The second-order valence-corrected chi connectivity index (χ2v) is 7.25. The van der Waals surface area contributed by atoms with Gasteiger partial charge in [0, 0.05) is 25.2 Å². The summed E-state index contributed by atoms with van der Waals surface area (Å²) in [5, 5.41) is 9.21. The average molecular weight is 363 g/mol. The molecule has 4 rings (SSSR count). The predicted molar refractivity (Wildman–Crippen MR) is 105 cm³/mol. The summed E-state index contributed by atoms with van der Waals surface area (Å²) in [6.07, 6.45) is 4.63. The van der Waals surface area contributed by atoms with Gasteiger partial charge in [-0.2, -0.15) is 0 Å². The maximum absolute atomic E-state index is 11.2. The molecular formula is C23H25NO3. The van der Waals surface area contributed by atoms with Gasteiger partial charge in [-0.3, -0.25) is 4.90 Å². The molecule has 0 saturated heterocycles. The van der Waals surface area contributed by atoms with Crippen molar-refractivity contribution in [2.24, 2.45) is 0 Å². The maximum Gasteiger partial charge on any atom is 0.332 e. The molecule has 4 heteroatoms. The SMILES string of the molecule is O=C(O)C1=CCCN(CCOC2c3ccccc3CCc3ccccc32)C1. The van der Waals surface area contributed by atoms with Crippen molar-refractivity contribution in [3.63, 3.8) is 0 Å². The lowest BCUT2D eigenvalue weighted by Crippen LogP contribution is -2.35. The Bertz CT molecular complexity index is 811. The molecule has 0 atom stereocenters. The summed E-state index contributed by atoms with van der Waals surface area (Å²) in [6, 6.07) is 17.1. The van der Waals surface area contributed by atoms with Crippen molar-refractivity contribution < 1.29 is 14.6 Å². The van der Waals surface area contributed by atoms with Crippen LogP contribution in [0.15, 0.2) is 60.2 Å². The molecule has 140 valence electrons. The molecule has 0 amide bonds. The van der Waals surface area contributed by atoms with Gasteiger partial charge in [0.15, 0.2) is 0 Å².